The van der Waals surface area contributed by atoms with Gasteiger partial charge in [-0.25, -0.2) is 0 Å². The summed E-state index contributed by atoms with van der Waals surface area (Å²) in [6.07, 6.45) is 0. The van der Waals surface area contributed by atoms with Crippen molar-refractivity contribution in [3.05, 3.63) is 41.2 Å². The summed E-state index contributed by atoms with van der Waals surface area (Å²) in [4.78, 5) is 0. The van der Waals surface area contributed by atoms with Crippen LogP contribution in [0.2, 0.25) is 0 Å². The van der Waals surface area contributed by atoms with Crippen molar-refractivity contribution in [1.82, 2.24) is 5.32 Å². The van der Waals surface area contributed by atoms with Crippen LogP contribution >= 0.6 is 0 Å². The Labute approximate surface area is 111 Å². The second kappa shape index (κ2) is 6.88. The van der Waals surface area contributed by atoms with Crippen molar-refractivity contribution in [2.24, 2.45) is 5.92 Å². The largest absolute Gasteiger partial charge is 0.658 e. The van der Waals surface area contributed by atoms with Crippen molar-refractivity contribution >= 4 is 0 Å². The predicted molar refractivity (Wildman–Crippen MR) is 76.8 cm³/mol. The molecule has 0 aliphatic rings. The topological polar surface area (TPSA) is 46.4 Å². The minimum atomic E-state index is -0.233. The van der Waals surface area contributed by atoms with Crippen LogP contribution < -0.4 is 5.32 Å². The summed E-state index contributed by atoms with van der Waals surface area (Å²) in [6, 6.07) is 10.6. The summed E-state index contributed by atoms with van der Waals surface area (Å²) in [6.45, 7) is 7.16. The SMILES string of the molecule is C[N-][C@@H](c1ccccc1)[C@@H](C)CNC(C)(C)CO. The summed E-state index contributed by atoms with van der Waals surface area (Å²) >= 11 is 0. The minimum Gasteiger partial charge on any atom is -0.658 e. The quantitative estimate of drug-likeness (QED) is 0.780. The van der Waals surface area contributed by atoms with Gasteiger partial charge in [0.25, 0.3) is 0 Å². The van der Waals surface area contributed by atoms with Crippen LogP contribution in [0.4, 0.5) is 0 Å². The van der Waals surface area contributed by atoms with Gasteiger partial charge in [-0.3, -0.25) is 0 Å². The first-order valence-electron chi connectivity index (χ1n) is 6.50. The molecule has 0 aliphatic heterocycles. The molecule has 18 heavy (non-hydrogen) atoms. The summed E-state index contributed by atoms with van der Waals surface area (Å²) in [7, 11) is 1.87. The number of rotatable bonds is 7. The van der Waals surface area contributed by atoms with Gasteiger partial charge in [-0.05, 0) is 26.3 Å². The normalized spacial score (nSPS) is 15.4. The van der Waals surface area contributed by atoms with Gasteiger partial charge >= 0.3 is 0 Å². The van der Waals surface area contributed by atoms with Crippen molar-refractivity contribution in [3.63, 3.8) is 0 Å². The van der Waals surface area contributed by atoms with Crippen LogP contribution in [0.1, 0.15) is 32.4 Å². The number of hydrogen-bond donors (Lipinski definition) is 2. The molecular formula is C15H25N2O-. The van der Waals surface area contributed by atoms with E-state index in [1.54, 1.807) is 0 Å². The third-order valence-corrected chi connectivity index (χ3v) is 3.26. The summed E-state index contributed by atoms with van der Waals surface area (Å²) in [5, 5.41) is 17.1. The summed E-state index contributed by atoms with van der Waals surface area (Å²) < 4.78 is 0. The van der Waals surface area contributed by atoms with Crippen molar-refractivity contribution in [3.8, 4) is 0 Å². The second-order valence-corrected chi connectivity index (χ2v) is 5.51. The Morgan fingerprint density at radius 3 is 2.39 bits per heavy atom. The maximum absolute atomic E-state index is 9.23. The van der Waals surface area contributed by atoms with Gasteiger partial charge in [0.2, 0.25) is 0 Å². The summed E-state index contributed by atoms with van der Waals surface area (Å²) in [5.74, 6) is 0.392. The van der Waals surface area contributed by atoms with Gasteiger partial charge in [-0.15, -0.1) is 6.04 Å². The molecule has 0 heterocycles. The monoisotopic (exact) mass is 249 g/mol. The molecule has 0 saturated carbocycles. The van der Waals surface area contributed by atoms with Crippen LogP contribution in [0.3, 0.4) is 0 Å². The molecule has 102 valence electrons. The lowest BCUT2D eigenvalue weighted by Crippen LogP contribution is -2.45. The number of aliphatic hydroxyl groups is 1. The van der Waals surface area contributed by atoms with Crippen LogP contribution in [-0.4, -0.2) is 30.8 Å². The molecule has 0 saturated heterocycles. The maximum Gasteiger partial charge on any atom is 0.0607 e. The highest BCUT2D eigenvalue weighted by molar-refractivity contribution is 5.23. The average Bonchev–Trinajstić information content (AvgIpc) is 2.39. The van der Waals surface area contributed by atoms with Gasteiger partial charge < -0.3 is 15.7 Å². The Kier molecular flexibility index (Phi) is 5.79. The second-order valence-electron chi connectivity index (χ2n) is 5.51. The van der Waals surface area contributed by atoms with Gasteiger partial charge in [0.1, 0.15) is 0 Å². The van der Waals surface area contributed by atoms with Gasteiger partial charge in [0.15, 0.2) is 0 Å². The number of aliphatic hydroxyl groups excluding tert-OH is 1. The Morgan fingerprint density at radius 2 is 1.89 bits per heavy atom. The van der Waals surface area contributed by atoms with Crippen molar-refractivity contribution in [1.29, 1.82) is 0 Å². The van der Waals surface area contributed by atoms with Gasteiger partial charge in [0.05, 0.1) is 6.61 Å². The zero-order valence-electron chi connectivity index (χ0n) is 11.9. The fraction of sp³-hybridized carbons (Fsp3) is 0.600. The zero-order valence-corrected chi connectivity index (χ0v) is 11.9. The Bertz CT molecular complexity index is 338. The highest BCUT2D eigenvalue weighted by atomic mass is 16.3. The standard InChI is InChI=1S/C15H25N2O/c1-12(10-17-15(2,3)11-18)14(16-4)13-8-6-5-7-9-13/h5-9,12,14,17-18H,10-11H2,1-4H3/q-1/t12-,14+/m0/s1. The van der Waals surface area contributed by atoms with Crippen molar-refractivity contribution in [2.75, 3.05) is 20.2 Å². The fourth-order valence-corrected chi connectivity index (χ4v) is 1.99. The van der Waals surface area contributed by atoms with Crippen molar-refractivity contribution in [2.45, 2.75) is 32.4 Å². The Morgan fingerprint density at radius 1 is 1.28 bits per heavy atom. The molecule has 1 rings (SSSR count). The van der Waals surface area contributed by atoms with E-state index in [4.69, 9.17) is 0 Å². The summed E-state index contributed by atoms with van der Waals surface area (Å²) in [5.41, 5.74) is 1.01. The first-order valence-corrected chi connectivity index (χ1v) is 6.50. The molecule has 3 heteroatoms. The number of hydrogen-bond acceptors (Lipinski definition) is 2. The predicted octanol–water partition coefficient (Wildman–Crippen LogP) is 2.73. The third-order valence-electron chi connectivity index (χ3n) is 3.26. The van der Waals surface area contributed by atoms with E-state index in [0.29, 0.717) is 5.92 Å². The molecule has 2 atom stereocenters. The molecule has 0 unspecified atom stereocenters. The van der Waals surface area contributed by atoms with Gasteiger partial charge in [-0.2, -0.15) is 7.05 Å². The van der Waals surface area contributed by atoms with E-state index in [2.05, 4.69) is 29.7 Å². The Balaban J connectivity index is 2.61. The van der Waals surface area contributed by atoms with Crippen LogP contribution in [-0.2, 0) is 0 Å². The van der Waals surface area contributed by atoms with E-state index >= 15 is 0 Å². The average molecular weight is 249 g/mol. The lowest BCUT2D eigenvalue weighted by atomic mass is 9.93. The smallest absolute Gasteiger partial charge is 0.0607 e. The third kappa shape index (κ3) is 4.41. The highest BCUT2D eigenvalue weighted by Crippen LogP contribution is 2.28. The minimum absolute atomic E-state index is 0.138. The van der Waals surface area contributed by atoms with Gasteiger partial charge in [0, 0.05) is 5.54 Å². The molecular weight excluding hydrogens is 224 g/mol. The molecule has 0 spiro atoms. The molecule has 0 aliphatic carbocycles. The fourth-order valence-electron chi connectivity index (χ4n) is 1.99. The number of benzene rings is 1. The van der Waals surface area contributed by atoms with Crippen LogP contribution in [0.15, 0.2) is 30.3 Å². The van der Waals surface area contributed by atoms with Crippen LogP contribution in [0.5, 0.6) is 0 Å². The molecule has 0 aromatic heterocycles. The van der Waals surface area contributed by atoms with Crippen molar-refractivity contribution < 1.29 is 5.11 Å². The lowest BCUT2D eigenvalue weighted by molar-refractivity contribution is 0.182. The van der Waals surface area contributed by atoms with E-state index in [0.717, 1.165) is 6.54 Å². The molecule has 2 N–H and O–H groups in total. The number of nitrogens with one attached hydrogen (secondary N) is 1. The van der Waals surface area contributed by atoms with E-state index in [-0.39, 0.29) is 18.2 Å². The molecule has 0 bridgehead atoms. The number of nitrogens with zero attached hydrogens (tertiary/aromatic N) is 1. The van der Waals surface area contributed by atoms with E-state index in [9.17, 15) is 5.11 Å². The molecule has 0 amide bonds. The Hall–Kier alpha value is -0.900. The maximum atomic E-state index is 9.23. The molecule has 1 aromatic carbocycles. The van der Waals surface area contributed by atoms with Gasteiger partial charge in [-0.1, -0.05) is 42.8 Å². The van der Waals surface area contributed by atoms with Crippen LogP contribution in [0, 0.1) is 5.92 Å². The molecule has 0 radical (unpaired) electrons. The molecule has 3 nitrogen and oxygen atoms in total. The zero-order chi connectivity index (χ0) is 13.6. The highest BCUT2D eigenvalue weighted by Gasteiger charge is 2.18. The first kappa shape index (κ1) is 15.2. The lowest BCUT2D eigenvalue weighted by Gasteiger charge is -2.36. The molecule has 1 aromatic rings. The van der Waals surface area contributed by atoms with E-state index < -0.39 is 0 Å². The van der Waals surface area contributed by atoms with Crippen LogP contribution in [0.25, 0.3) is 5.32 Å². The first-order chi connectivity index (χ1) is 8.50. The molecule has 0 fully saturated rings. The van der Waals surface area contributed by atoms with E-state index in [1.165, 1.54) is 5.56 Å². The van der Waals surface area contributed by atoms with E-state index in [1.807, 2.05) is 39.1 Å².